The predicted octanol–water partition coefficient (Wildman–Crippen LogP) is 3.55. The normalized spacial score (nSPS) is 16.2. The molecule has 0 saturated carbocycles. The molecule has 0 unspecified atom stereocenters. The first-order valence-electron chi connectivity index (χ1n) is 11.0. The van der Waals surface area contributed by atoms with Crippen molar-refractivity contribution in [1.82, 2.24) is 9.88 Å². The molecule has 0 radical (unpaired) electrons. The van der Waals surface area contributed by atoms with Crippen molar-refractivity contribution < 1.29 is 9.59 Å². The summed E-state index contributed by atoms with van der Waals surface area (Å²) in [6.07, 6.45) is 1.83. The minimum atomic E-state index is -0.496. The number of carbonyl (C=O) groups is 2. The molecule has 0 spiro atoms. The maximum atomic E-state index is 12.3. The van der Waals surface area contributed by atoms with Gasteiger partial charge in [0.1, 0.15) is 0 Å². The fourth-order valence-corrected chi connectivity index (χ4v) is 4.57. The smallest absolute Gasteiger partial charge is 0.300 e. The number of carbonyl (C=O) groups excluding carboxylic acids is 2. The Morgan fingerprint density at radius 1 is 0.939 bits per heavy atom. The van der Waals surface area contributed by atoms with Gasteiger partial charge in [-0.2, -0.15) is 0 Å². The van der Waals surface area contributed by atoms with Crippen molar-refractivity contribution in [3.8, 4) is 11.8 Å². The van der Waals surface area contributed by atoms with Crippen LogP contribution in [0, 0.1) is 18.8 Å². The summed E-state index contributed by atoms with van der Waals surface area (Å²) >= 11 is 6.11. The number of halogens is 1. The zero-order valence-electron chi connectivity index (χ0n) is 18.3. The SMILES string of the molecule is Cc1ccc2c(c1)C(=O)C(=O)N2CC#CCN1CCN(c2ccnc3cc(Cl)ccc23)CC1. The largest absolute Gasteiger partial charge is 0.368 e. The molecule has 2 aliphatic rings. The topological polar surface area (TPSA) is 56.8 Å². The summed E-state index contributed by atoms with van der Waals surface area (Å²) in [7, 11) is 0. The lowest BCUT2D eigenvalue weighted by molar-refractivity contribution is -0.114. The minimum absolute atomic E-state index is 0.228. The third-order valence-electron chi connectivity index (χ3n) is 6.19. The molecule has 0 aliphatic carbocycles. The van der Waals surface area contributed by atoms with E-state index in [1.807, 2.05) is 43.5 Å². The number of ketones is 1. The molecule has 1 aromatic heterocycles. The van der Waals surface area contributed by atoms with Crippen molar-refractivity contribution in [3.63, 3.8) is 0 Å². The van der Waals surface area contributed by atoms with Crippen LogP contribution in [0.4, 0.5) is 11.4 Å². The van der Waals surface area contributed by atoms with Gasteiger partial charge in [0.05, 0.1) is 29.9 Å². The second kappa shape index (κ2) is 8.86. The molecule has 0 N–H and O–H groups in total. The molecule has 2 aromatic carbocycles. The second-order valence-corrected chi connectivity index (χ2v) is 8.79. The molecule has 0 bridgehead atoms. The van der Waals surface area contributed by atoms with Gasteiger partial charge in [0.25, 0.3) is 11.7 Å². The maximum absolute atomic E-state index is 12.3. The number of amides is 1. The highest BCUT2D eigenvalue weighted by atomic mass is 35.5. The van der Waals surface area contributed by atoms with Gasteiger partial charge in [-0.3, -0.25) is 24.4 Å². The Morgan fingerprint density at radius 3 is 2.55 bits per heavy atom. The Kier molecular flexibility index (Phi) is 5.76. The lowest BCUT2D eigenvalue weighted by atomic mass is 10.1. The van der Waals surface area contributed by atoms with Crippen LogP contribution in [-0.2, 0) is 4.79 Å². The molecular weight excluding hydrogens is 436 g/mol. The zero-order valence-corrected chi connectivity index (χ0v) is 19.1. The Labute approximate surface area is 197 Å². The van der Waals surface area contributed by atoms with Gasteiger partial charge in [0, 0.05) is 48.5 Å². The van der Waals surface area contributed by atoms with Gasteiger partial charge in [0.2, 0.25) is 0 Å². The molecule has 33 heavy (non-hydrogen) atoms. The summed E-state index contributed by atoms with van der Waals surface area (Å²) in [5.74, 6) is 5.32. The Balaban J connectivity index is 1.19. The van der Waals surface area contributed by atoms with Crippen LogP contribution in [0.2, 0.25) is 5.02 Å². The summed E-state index contributed by atoms with van der Waals surface area (Å²) in [6, 6.07) is 13.4. The number of fused-ring (bicyclic) bond motifs is 2. The quantitative estimate of drug-likeness (QED) is 0.444. The molecule has 1 amide bonds. The van der Waals surface area contributed by atoms with E-state index >= 15 is 0 Å². The van der Waals surface area contributed by atoms with E-state index < -0.39 is 11.7 Å². The average Bonchev–Trinajstić information content (AvgIpc) is 3.06. The van der Waals surface area contributed by atoms with Crippen molar-refractivity contribution in [2.45, 2.75) is 6.92 Å². The standard InChI is InChI=1S/C26H23ClN4O2/c1-18-4-7-24-21(16-18)25(32)26(33)31(24)11-3-2-10-29-12-14-30(15-13-29)23-8-9-28-22-17-19(27)5-6-20(22)23/h4-9,16-17H,10-15H2,1H3. The number of pyridine rings is 1. The lowest BCUT2D eigenvalue weighted by Gasteiger charge is -2.35. The summed E-state index contributed by atoms with van der Waals surface area (Å²) in [4.78, 5) is 35.1. The van der Waals surface area contributed by atoms with E-state index in [9.17, 15) is 9.59 Å². The molecule has 0 atom stereocenters. The Bertz CT molecular complexity index is 1320. The first kappa shape index (κ1) is 21.4. The summed E-state index contributed by atoms with van der Waals surface area (Å²) in [5.41, 5.74) is 4.17. The molecule has 7 heteroatoms. The van der Waals surface area contributed by atoms with E-state index in [2.05, 4.69) is 32.7 Å². The van der Waals surface area contributed by atoms with Gasteiger partial charge in [-0.25, -0.2) is 0 Å². The maximum Gasteiger partial charge on any atom is 0.300 e. The van der Waals surface area contributed by atoms with E-state index in [0.29, 0.717) is 22.8 Å². The van der Waals surface area contributed by atoms with E-state index in [1.54, 1.807) is 6.07 Å². The number of hydrogen-bond acceptors (Lipinski definition) is 5. The predicted molar refractivity (Wildman–Crippen MR) is 131 cm³/mol. The number of aryl methyl sites for hydroxylation is 1. The molecule has 1 fully saturated rings. The van der Waals surface area contributed by atoms with E-state index in [-0.39, 0.29) is 6.54 Å². The highest BCUT2D eigenvalue weighted by molar-refractivity contribution is 6.52. The summed E-state index contributed by atoms with van der Waals surface area (Å²) in [5, 5.41) is 1.80. The van der Waals surface area contributed by atoms with Crippen LogP contribution in [0.5, 0.6) is 0 Å². The minimum Gasteiger partial charge on any atom is -0.368 e. The van der Waals surface area contributed by atoms with Gasteiger partial charge in [-0.1, -0.05) is 35.1 Å². The van der Waals surface area contributed by atoms with Crippen molar-refractivity contribution in [3.05, 3.63) is 64.8 Å². The fraction of sp³-hybridized carbons (Fsp3) is 0.269. The monoisotopic (exact) mass is 458 g/mol. The van der Waals surface area contributed by atoms with Gasteiger partial charge in [-0.05, 0) is 43.3 Å². The van der Waals surface area contributed by atoms with Crippen molar-refractivity contribution in [1.29, 1.82) is 0 Å². The highest BCUT2D eigenvalue weighted by Gasteiger charge is 2.35. The highest BCUT2D eigenvalue weighted by Crippen LogP contribution is 2.30. The van der Waals surface area contributed by atoms with Gasteiger partial charge >= 0.3 is 0 Å². The van der Waals surface area contributed by atoms with E-state index in [1.165, 1.54) is 10.6 Å². The first-order valence-corrected chi connectivity index (χ1v) is 11.3. The lowest BCUT2D eigenvalue weighted by Crippen LogP contribution is -2.46. The van der Waals surface area contributed by atoms with Gasteiger partial charge in [0.15, 0.2) is 0 Å². The number of hydrogen-bond donors (Lipinski definition) is 0. The number of anilines is 2. The second-order valence-electron chi connectivity index (χ2n) is 8.35. The number of benzene rings is 2. The van der Waals surface area contributed by atoms with Gasteiger partial charge in [-0.15, -0.1) is 0 Å². The van der Waals surface area contributed by atoms with Crippen molar-refractivity contribution in [2.75, 3.05) is 49.1 Å². The Hall–Kier alpha value is -3.40. The number of nitrogens with zero attached hydrogens (tertiary/aromatic N) is 4. The van der Waals surface area contributed by atoms with Crippen LogP contribution in [0.1, 0.15) is 15.9 Å². The molecular formula is C26H23ClN4O2. The number of aromatic nitrogens is 1. The molecule has 2 aliphatic heterocycles. The van der Waals surface area contributed by atoms with Crippen LogP contribution in [0.25, 0.3) is 10.9 Å². The molecule has 5 rings (SSSR count). The fourth-order valence-electron chi connectivity index (χ4n) is 4.40. The zero-order chi connectivity index (χ0) is 22.9. The first-order chi connectivity index (χ1) is 16.0. The number of rotatable bonds is 3. The summed E-state index contributed by atoms with van der Waals surface area (Å²) < 4.78 is 0. The van der Waals surface area contributed by atoms with Crippen LogP contribution in [0.15, 0.2) is 48.7 Å². The third-order valence-corrected chi connectivity index (χ3v) is 6.42. The van der Waals surface area contributed by atoms with Crippen molar-refractivity contribution >= 4 is 45.6 Å². The molecule has 3 heterocycles. The van der Waals surface area contributed by atoms with Crippen LogP contribution in [0.3, 0.4) is 0 Å². The van der Waals surface area contributed by atoms with E-state index in [4.69, 9.17) is 11.6 Å². The molecule has 166 valence electrons. The number of Topliss-reactive ketones (excluding diaryl/α,β-unsaturated/α-hetero) is 1. The van der Waals surface area contributed by atoms with E-state index in [0.717, 1.165) is 42.6 Å². The molecule has 6 nitrogen and oxygen atoms in total. The molecule has 3 aromatic rings. The third kappa shape index (κ3) is 4.18. The van der Waals surface area contributed by atoms with Gasteiger partial charge < -0.3 is 4.90 Å². The molecule has 1 saturated heterocycles. The summed E-state index contributed by atoms with van der Waals surface area (Å²) in [6.45, 7) is 6.37. The van der Waals surface area contributed by atoms with Crippen LogP contribution >= 0.6 is 11.6 Å². The average molecular weight is 459 g/mol. The van der Waals surface area contributed by atoms with Crippen molar-refractivity contribution in [2.24, 2.45) is 0 Å². The number of piperazine rings is 1. The Morgan fingerprint density at radius 2 is 1.73 bits per heavy atom. The van der Waals surface area contributed by atoms with Crippen LogP contribution in [-0.4, -0.2) is 60.8 Å². The van der Waals surface area contributed by atoms with Crippen LogP contribution < -0.4 is 9.80 Å².